The lowest BCUT2D eigenvalue weighted by Crippen LogP contribution is -2.03. The van der Waals surface area contributed by atoms with Crippen molar-refractivity contribution in [3.63, 3.8) is 0 Å². The number of ether oxygens (including phenoxy) is 1. The van der Waals surface area contributed by atoms with Crippen LogP contribution < -0.4 is 4.74 Å². The molecule has 0 aliphatic rings. The van der Waals surface area contributed by atoms with Crippen LogP contribution in [0.2, 0.25) is 0 Å². The third-order valence-electron chi connectivity index (χ3n) is 3.40. The Labute approximate surface area is 121 Å². The molecule has 0 aliphatic heterocycles. The summed E-state index contributed by atoms with van der Waals surface area (Å²) in [5.41, 5.74) is 0.214. The molecule has 4 heteroatoms. The number of hydrogen-bond acceptors (Lipinski definition) is 3. The first-order valence-corrected chi connectivity index (χ1v) is 6.63. The van der Waals surface area contributed by atoms with Crippen molar-refractivity contribution in [1.82, 2.24) is 0 Å². The lowest BCUT2D eigenvalue weighted by Gasteiger charge is -2.13. The van der Waals surface area contributed by atoms with Gasteiger partial charge in [-0.1, -0.05) is 30.3 Å². The lowest BCUT2D eigenvalue weighted by atomic mass is 10.0. The topological polar surface area (TPSA) is 66.8 Å². The molecule has 0 amide bonds. The molecule has 21 heavy (non-hydrogen) atoms. The van der Waals surface area contributed by atoms with Crippen molar-refractivity contribution in [3.05, 3.63) is 54.1 Å². The van der Waals surface area contributed by atoms with Crippen molar-refractivity contribution in [2.24, 2.45) is 0 Å². The van der Waals surface area contributed by atoms with Crippen molar-refractivity contribution in [1.29, 1.82) is 0 Å². The Kier molecular flexibility index (Phi) is 3.46. The summed E-state index contributed by atoms with van der Waals surface area (Å²) in [5.74, 6) is -0.363. The van der Waals surface area contributed by atoms with Crippen LogP contribution in [0.5, 0.6) is 5.75 Å². The molecular weight excluding hydrogens is 268 g/mol. The highest BCUT2D eigenvalue weighted by Crippen LogP contribution is 2.35. The highest BCUT2D eigenvalue weighted by atomic mass is 16.5. The van der Waals surface area contributed by atoms with Crippen molar-refractivity contribution < 1.29 is 19.7 Å². The maximum atomic E-state index is 11.2. The molecule has 0 aliphatic carbocycles. The SMILES string of the molecule is O=C(O)c1ccc2cc3ccccc3c(OCCO)c2c1. The van der Waals surface area contributed by atoms with Crippen molar-refractivity contribution in [2.75, 3.05) is 13.2 Å². The van der Waals surface area contributed by atoms with E-state index in [4.69, 9.17) is 14.9 Å². The first kappa shape index (κ1) is 13.4. The van der Waals surface area contributed by atoms with E-state index in [1.807, 2.05) is 30.3 Å². The molecule has 0 spiro atoms. The fraction of sp³-hybridized carbons (Fsp3) is 0.118. The van der Waals surface area contributed by atoms with E-state index >= 15 is 0 Å². The summed E-state index contributed by atoms with van der Waals surface area (Å²) >= 11 is 0. The van der Waals surface area contributed by atoms with E-state index in [-0.39, 0.29) is 18.8 Å². The number of rotatable bonds is 4. The Balaban J connectivity index is 2.34. The highest BCUT2D eigenvalue weighted by Gasteiger charge is 2.11. The van der Waals surface area contributed by atoms with Gasteiger partial charge in [-0.05, 0) is 29.0 Å². The fourth-order valence-electron chi connectivity index (χ4n) is 2.46. The quantitative estimate of drug-likeness (QED) is 0.722. The van der Waals surface area contributed by atoms with Gasteiger partial charge in [0.2, 0.25) is 0 Å². The second-order valence-electron chi connectivity index (χ2n) is 4.74. The molecule has 0 unspecified atom stereocenters. The maximum Gasteiger partial charge on any atom is 0.335 e. The van der Waals surface area contributed by atoms with Gasteiger partial charge in [-0.15, -0.1) is 0 Å². The van der Waals surface area contributed by atoms with Crippen LogP contribution in [-0.4, -0.2) is 29.4 Å². The number of carbonyl (C=O) groups is 1. The Hall–Kier alpha value is -2.59. The predicted octanol–water partition coefficient (Wildman–Crippen LogP) is 3.06. The van der Waals surface area contributed by atoms with Crippen LogP contribution in [0.15, 0.2) is 48.5 Å². The molecule has 0 saturated carbocycles. The van der Waals surface area contributed by atoms with E-state index in [1.165, 1.54) is 0 Å². The summed E-state index contributed by atoms with van der Waals surface area (Å²) in [4.78, 5) is 11.2. The molecular formula is C17H14O4. The first-order valence-electron chi connectivity index (χ1n) is 6.63. The first-order chi connectivity index (χ1) is 10.2. The zero-order chi connectivity index (χ0) is 14.8. The van der Waals surface area contributed by atoms with Gasteiger partial charge in [0, 0.05) is 10.8 Å². The largest absolute Gasteiger partial charge is 0.490 e. The number of fused-ring (bicyclic) bond motifs is 2. The third-order valence-corrected chi connectivity index (χ3v) is 3.40. The molecule has 0 fully saturated rings. The van der Waals surface area contributed by atoms with Crippen molar-refractivity contribution >= 4 is 27.5 Å². The molecule has 3 aromatic rings. The zero-order valence-corrected chi connectivity index (χ0v) is 11.2. The molecule has 0 saturated heterocycles. The third kappa shape index (κ3) is 2.41. The van der Waals surface area contributed by atoms with Crippen molar-refractivity contribution in [2.45, 2.75) is 0 Å². The van der Waals surface area contributed by atoms with Gasteiger partial charge >= 0.3 is 5.97 Å². The summed E-state index contributed by atoms with van der Waals surface area (Å²) in [5, 5.41) is 21.7. The van der Waals surface area contributed by atoms with Gasteiger partial charge < -0.3 is 14.9 Å². The average molecular weight is 282 g/mol. The van der Waals surface area contributed by atoms with Gasteiger partial charge in [-0.2, -0.15) is 0 Å². The number of carboxylic acids is 1. The normalized spacial score (nSPS) is 10.9. The minimum absolute atomic E-state index is 0.0939. The van der Waals surface area contributed by atoms with Gasteiger partial charge in [0.05, 0.1) is 12.2 Å². The fourth-order valence-corrected chi connectivity index (χ4v) is 2.46. The molecule has 0 atom stereocenters. The van der Waals surface area contributed by atoms with E-state index in [9.17, 15) is 4.79 Å². The molecule has 0 aromatic heterocycles. The molecule has 4 nitrogen and oxygen atoms in total. The number of carboxylic acid groups (broad SMARTS) is 1. The van der Waals surface area contributed by atoms with E-state index in [0.29, 0.717) is 5.75 Å². The van der Waals surface area contributed by atoms with Crippen LogP contribution in [0, 0.1) is 0 Å². The minimum Gasteiger partial charge on any atom is -0.490 e. The van der Waals surface area contributed by atoms with Crippen LogP contribution in [0.3, 0.4) is 0 Å². The standard InChI is InChI=1S/C17H14O4/c18-7-8-21-16-14-4-2-1-3-11(14)9-12-5-6-13(17(19)20)10-15(12)16/h1-6,9-10,18H,7-8H2,(H,19,20). The summed E-state index contributed by atoms with van der Waals surface area (Å²) in [6.07, 6.45) is 0. The Bertz CT molecular complexity index is 823. The monoisotopic (exact) mass is 282 g/mol. The zero-order valence-electron chi connectivity index (χ0n) is 11.2. The molecule has 0 radical (unpaired) electrons. The second kappa shape index (κ2) is 5.42. The number of hydrogen-bond donors (Lipinski definition) is 2. The van der Waals surface area contributed by atoms with Gasteiger partial charge in [-0.25, -0.2) is 4.79 Å². The van der Waals surface area contributed by atoms with E-state index < -0.39 is 5.97 Å². The molecule has 3 rings (SSSR count). The molecule has 106 valence electrons. The lowest BCUT2D eigenvalue weighted by molar-refractivity contribution is 0.0697. The van der Waals surface area contributed by atoms with Crippen LogP contribution >= 0.6 is 0 Å². The van der Waals surface area contributed by atoms with Gasteiger partial charge in [0.25, 0.3) is 0 Å². The Morgan fingerprint density at radius 3 is 2.52 bits per heavy atom. The Morgan fingerprint density at radius 2 is 1.76 bits per heavy atom. The summed E-state index contributed by atoms with van der Waals surface area (Å²) < 4.78 is 5.67. The second-order valence-corrected chi connectivity index (χ2v) is 4.74. The molecule has 0 heterocycles. The van der Waals surface area contributed by atoms with Crippen LogP contribution in [-0.2, 0) is 0 Å². The minimum atomic E-state index is -0.974. The van der Waals surface area contributed by atoms with Crippen LogP contribution in [0.4, 0.5) is 0 Å². The molecule has 3 aromatic carbocycles. The Morgan fingerprint density at radius 1 is 1.00 bits per heavy atom. The maximum absolute atomic E-state index is 11.2. The number of aromatic carboxylic acids is 1. The predicted molar refractivity (Wildman–Crippen MR) is 81.0 cm³/mol. The van der Waals surface area contributed by atoms with E-state index in [2.05, 4.69) is 0 Å². The van der Waals surface area contributed by atoms with Crippen LogP contribution in [0.1, 0.15) is 10.4 Å². The highest BCUT2D eigenvalue weighted by molar-refractivity contribution is 6.07. The summed E-state index contributed by atoms with van der Waals surface area (Å²) in [6, 6.07) is 14.7. The molecule has 0 bridgehead atoms. The van der Waals surface area contributed by atoms with E-state index in [1.54, 1.807) is 18.2 Å². The number of benzene rings is 3. The number of aliphatic hydroxyl groups excluding tert-OH is 1. The molecule has 2 N–H and O–H groups in total. The smallest absolute Gasteiger partial charge is 0.335 e. The number of aliphatic hydroxyl groups is 1. The van der Waals surface area contributed by atoms with Crippen molar-refractivity contribution in [3.8, 4) is 5.75 Å². The summed E-state index contributed by atoms with van der Waals surface area (Å²) in [6.45, 7) is 0.0732. The van der Waals surface area contributed by atoms with Gasteiger partial charge in [0.1, 0.15) is 12.4 Å². The van der Waals surface area contributed by atoms with Gasteiger partial charge in [-0.3, -0.25) is 0 Å². The van der Waals surface area contributed by atoms with Crippen LogP contribution in [0.25, 0.3) is 21.5 Å². The average Bonchev–Trinajstić information content (AvgIpc) is 2.50. The summed E-state index contributed by atoms with van der Waals surface area (Å²) in [7, 11) is 0. The van der Waals surface area contributed by atoms with Gasteiger partial charge in [0.15, 0.2) is 0 Å². The van der Waals surface area contributed by atoms with E-state index in [0.717, 1.165) is 21.5 Å².